The second-order valence-corrected chi connectivity index (χ2v) is 5.78. The summed E-state index contributed by atoms with van der Waals surface area (Å²) in [6.07, 6.45) is 0. The van der Waals surface area contributed by atoms with Crippen LogP contribution in [0.4, 0.5) is 4.39 Å². The highest BCUT2D eigenvalue weighted by atomic mass is 19.1. The molecule has 0 saturated heterocycles. The first-order chi connectivity index (χ1) is 13.0. The van der Waals surface area contributed by atoms with Gasteiger partial charge in [-0.05, 0) is 18.6 Å². The molecule has 2 aromatic carbocycles. The normalized spacial score (nSPS) is 11.7. The van der Waals surface area contributed by atoms with E-state index >= 15 is 0 Å². The molecule has 0 aliphatic heterocycles. The molecule has 0 spiro atoms. The van der Waals surface area contributed by atoms with Crippen LogP contribution >= 0.6 is 0 Å². The Morgan fingerprint density at radius 3 is 2.41 bits per heavy atom. The van der Waals surface area contributed by atoms with Gasteiger partial charge in [0.1, 0.15) is 17.7 Å². The number of carbonyl (C=O) groups is 1. The zero-order chi connectivity index (χ0) is 19.4. The summed E-state index contributed by atoms with van der Waals surface area (Å²) in [5.41, 5.74) is 0.603. The molecule has 0 fully saturated rings. The van der Waals surface area contributed by atoms with Gasteiger partial charge in [0, 0.05) is 6.07 Å². The molecule has 27 heavy (non-hydrogen) atoms. The number of carbonyl (C=O) groups excluding carboxylic acids is 1. The van der Waals surface area contributed by atoms with E-state index in [0.717, 1.165) is 11.6 Å². The van der Waals surface area contributed by atoms with Crippen LogP contribution in [0.25, 0.3) is 0 Å². The van der Waals surface area contributed by atoms with Gasteiger partial charge in [0.15, 0.2) is 17.3 Å². The summed E-state index contributed by atoms with van der Waals surface area (Å²) in [5, 5.41) is 9.68. The fourth-order valence-corrected chi connectivity index (χ4v) is 2.67. The number of aryl methyl sites for hydroxylation is 1. The number of nitrogens with zero attached hydrogens (tertiary/aromatic N) is 2. The lowest BCUT2D eigenvalue weighted by Crippen LogP contribution is -2.30. The summed E-state index contributed by atoms with van der Waals surface area (Å²) < 4.78 is 24.6. The number of rotatable bonds is 6. The van der Waals surface area contributed by atoms with Crippen molar-refractivity contribution in [2.45, 2.75) is 13.0 Å². The molecule has 3 rings (SSSR count). The van der Waals surface area contributed by atoms with Crippen LogP contribution in [0, 0.1) is 12.7 Å². The van der Waals surface area contributed by atoms with Gasteiger partial charge < -0.3 is 14.8 Å². The molecule has 1 heterocycles. The molecule has 8 heteroatoms. The van der Waals surface area contributed by atoms with Gasteiger partial charge >= 0.3 is 0 Å². The van der Waals surface area contributed by atoms with Crippen LogP contribution in [0.5, 0.6) is 11.5 Å². The van der Waals surface area contributed by atoms with Gasteiger partial charge in [-0.15, -0.1) is 0 Å². The maximum absolute atomic E-state index is 14.4. The second-order valence-electron chi connectivity index (χ2n) is 5.78. The van der Waals surface area contributed by atoms with E-state index in [1.165, 1.54) is 20.3 Å². The number of aromatic nitrogens is 3. The van der Waals surface area contributed by atoms with E-state index in [-0.39, 0.29) is 17.1 Å². The predicted octanol–water partition coefficient (Wildman–Crippen LogP) is 2.79. The molecular formula is C19H19FN4O3. The highest BCUT2D eigenvalue weighted by Crippen LogP contribution is 2.30. The predicted molar refractivity (Wildman–Crippen MR) is 96.4 cm³/mol. The molecule has 140 valence electrons. The van der Waals surface area contributed by atoms with E-state index in [1.807, 2.05) is 30.3 Å². The Kier molecular flexibility index (Phi) is 5.35. The maximum atomic E-state index is 14.4. The van der Waals surface area contributed by atoms with Crippen molar-refractivity contribution in [2.24, 2.45) is 0 Å². The molecule has 2 N–H and O–H groups in total. The third-order valence-corrected chi connectivity index (χ3v) is 4.00. The number of aromatic amines is 1. The van der Waals surface area contributed by atoms with Crippen molar-refractivity contribution in [1.29, 1.82) is 0 Å². The van der Waals surface area contributed by atoms with Crippen LogP contribution in [-0.4, -0.2) is 35.3 Å². The second kappa shape index (κ2) is 7.86. The van der Waals surface area contributed by atoms with Crippen LogP contribution in [-0.2, 0) is 0 Å². The number of H-pyrrole nitrogens is 1. The summed E-state index contributed by atoms with van der Waals surface area (Å²) in [7, 11) is 2.81. The molecular weight excluding hydrogens is 351 g/mol. The largest absolute Gasteiger partial charge is 0.493 e. The average Bonchev–Trinajstić information content (AvgIpc) is 3.12. The van der Waals surface area contributed by atoms with Crippen molar-refractivity contribution >= 4 is 5.91 Å². The Morgan fingerprint density at radius 2 is 1.81 bits per heavy atom. The molecule has 7 nitrogen and oxygen atoms in total. The summed E-state index contributed by atoms with van der Waals surface area (Å²) >= 11 is 0. The fourth-order valence-electron chi connectivity index (χ4n) is 2.67. The monoisotopic (exact) mass is 370 g/mol. The smallest absolute Gasteiger partial charge is 0.255 e. The Labute approximate surface area is 155 Å². The molecule has 1 atom stereocenters. The number of hydrogen-bond acceptors (Lipinski definition) is 5. The van der Waals surface area contributed by atoms with E-state index < -0.39 is 17.8 Å². The maximum Gasteiger partial charge on any atom is 0.255 e. The number of benzene rings is 2. The first kappa shape index (κ1) is 18.4. The molecule has 1 unspecified atom stereocenters. The van der Waals surface area contributed by atoms with Gasteiger partial charge in [0.05, 0.1) is 19.8 Å². The summed E-state index contributed by atoms with van der Waals surface area (Å²) in [6.45, 7) is 1.76. The standard InChI is InChI=1S/C19H19FN4O3/c1-11-21-18(24-23-11)17(12-7-5-4-6-8-12)22-19(25)13-9-15(26-2)16(27-3)10-14(13)20/h4-10,17H,1-3H3,(H,22,25)(H,21,23,24). The minimum Gasteiger partial charge on any atom is -0.493 e. The molecule has 0 bridgehead atoms. The van der Waals surface area contributed by atoms with Gasteiger partial charge in [0.2, 0.25) is 0 Å². The molecule has 0 saturated carbocycles. The van der Waals surface area contributed by atoms with Crippen molar-refractivity contribution in [3.05, 3.63) is 71.1 Å². The van der Waals surface area contributed by atoms with E-state index in [0.29, 0.717) is 11.6 Å². The highest BCUT2D eigenvalue weighted by molar-refractivity contribution is 5.95. The molecule has 0 aliphatic carbocycles. The van der Waals surface area contributed by atoms with E-state index in [9.17, 15) is 9.18 Å². The van der Waals surface area contributed by atoms with Crippen LogP contribution in [0.1, 0.15) is 33.6 Å². The zero-order valence-corrected chi connectivity index (χ0v) is 15.1. The quantitative estimate of drug-likeness (QED) is 0.696. The van der Waals surface area contributed by atoms with E-state index in [1.54, 1.807) is 6.92 Å². The minimum absolute atomic E-state index is 0.166. The number of nitrogens with one attached hydrogen (secondary N) is 2. The van der Waals surface area contributed by atoms with Crippen LogP contribution in [0.3, 0.4) is 0 Å². The van der Waals surface area contributed by atoms with Crippen LogP contribution in [0.15, 0.2) is 42.5 Å². The van der Waals surface area contributed by atoms with E-state index in [4.69, 9.17) is 9.47 Å². The topological polar surface area (TPSA) is 89.1 Å². The highest BCUT2D eigenvalue weighted by Gasteiger charge is 2.24. The Bertz CT molecular complexity index is 943. The van der Waals surface area contributed by atoms with Crippen LogP contribution < -0.4 is 14.8 Å². The van der Waals surface area contributed by atoms with Gasteiger partial charge in [-0.1, -0.05) is 30.3 Å². The van der Waals surface area contributed by atoms with Crippen LogP contribution in [0.2, 0.25) is 0 Å². The fraction of sp³-hybridized carbons (Fsp3) is 0.211. The molecule has 0 aliphatic rings. The zero-order valence-electron chi connectivity index (χ0n) is 15.1. The molecule has 3 aromatic rings. The summed E-state index contributed by atoms with van der Waals surface area (Å²) in [6, 6.07) is 11.0. The first-order valence-corrected chi connectivity index (χ1v) is 8.19. The van der Waals surface area contributed by atoms with Crippen molar-refractivity contribution < 1.29 is 18.7 Å². The molecule has 1 aromatic heterocycles. The third-order valence-electron chi connectivity index (χ3n) is 4.00. The Hall–Kier alpha value is -3.42. The van der Waals surface area contributed by atoms with Gasteiger partial charge in [0.25, 0.3) is 5.91 Å². The molecule has 0 radical (unpaired) electrons. The number of methoxy groups -OCH3 is 2. The average molecular weight is 370 g/mol. The van der Waals surface area contributed by atoms with Crippen molar-refractivity contribution in [1.82, 2.24) is 20.5 Å². The minimum atomic E-state index is -0.719. The number of hydrogen-bond donors (Lipinski definition) is 2. The number of halogens is 1. The SMILES string of the molecule is COc1cc(F)c(C(=O)NC(c2ccccc2)c2n[nH]c(C)n2)cc1OC. The summed E-state index contributed by atoms with van der Waals surface area (Å²) in [5.74, 6) is 0.114. The lowest BCUT2D eigenvalue weighted by molar-refractivity contribution is 0.0937. The third kappa shape index (κ3) is 3.89. The molecule has 1 amide bonds. The Morgan fingerprint density at radius 1 is 1.15 bits per heavy atom. The Balaban J connectivity index is 1.96. The van der Waals surface area contributed by atoms with E-state index in [2.05, 4.69) is 20.5 Å². The lowest BCUT2D eigenvalue weighted by Gasteiger charge is -2.17. The van der Waals surface area contributed by atoms with Gasteiger partial charge in [-0.25, -0.2) is 9.37 Å². The lowest BCUT2D eigenvalue weighted by atomic mass is 10.1. The van der Waals surface area contributed by atoms with Crippen molar-refractivity contribution in [3.63, 3.8) is 0 Å². The first-order valence-electron chi connectivity index (χ1n) is 8.19. The van der Waals surface area contributed by atoms with Crippen molar-refractivity contribution in [3.8, 4) is 11.5 Å². The van der Waals surface area contributed by atoms with Gasteiger partial charge in [-0.2, -0.15) is 5.10 Å². The van der Waals surface area contributed by atoms with Gasteiger partial charge in [-0.3, -0.25) is 9.89 Å². The summed E-state index contributed by atoms with van der Waals surface area (Å²) in [4.78, 5) is 17.1. The van der Waals surface area contributed by atoms with Crippen molar-refractivity contribution in [2.75, 3.05) is 14.2 Å². The number of amides is 1. The number of ether oxygens (including phenoxy) is 2.